The summed E-state index contributed by atoms with van der Waals surface area (Å²) >= 11 is 1.62. The molecule has 4 rings (SSSR count). The fourth-order valence-corrected chi connectivity index (χ4v) is 3.32. The smallest absolute Gasteiger partial charge is 0.276 e. The summed E-state index contributed by atoms with van der Waals surface area (Å²) in [4.78, 5) is 20.9. The number of hydrogen-bond donors (Lipinski definition) is 1. The second-order valence-corrected chi connectivity index (χ2v) is 6.73. The molecular formula is C17H14N6OS. The standard InChI is InChI=1S/C17H14N6OS/c1-10-18-7-8-23(10)16-6-4-13(21-22-16)17(24)20-12-3-5-15-14(9-12)19-11(2)25-15/h3-9H,1-2H3,(H,20,24). The Bertz CT molecular complexity index is 1070. The minimum atomic E-state index is -0.312. The van der Waals surface area contributed by atoms with Crippen LogP contribution in [0.25, 0.3) is 16.0 Å². The predicted molar refractivity (Wildman–Crippen MR) is 96.2 cm³/mol. The van der Waals surface area contributed by atoms with Gasteiger partial charge in [0.15, 0.2) is 11.5 Å². The van der Waals surface area contributed by atoms with Gasteiger partial charge in [-0.1, -0.05) is 0 Å². The van der Waals surface area contributed by atoms with E-state index in [9.17, 15) is 4.79 Å². The zero-order chi connectivity index (χ0) is 17.4. The average Bonchev–Trinajstić information content (AvgIpc) is 3.19. The van der Waals surface area contributed by atoms with Crippen molar-refractivity contribution in [1.82, 2.24) is 24.7 Å². The molecule has 0 aliphatic rings. The van der Waals surface area contributed by atoms with E-state index in [2.05, 4.69) is 25.5 Å². The fourth-order valence-electron chi connectivity index (χ4n) is 2.51. The molecule has 0 fully saturated rings. The summed E-state index contributed by atoms with van der Waals surface area (Å²) in [5, 5.41) is 11.9. The van der Waals surface area contributed by atoms with E-state index in [0.717, 1.165) is 21.0 Å². The molecule has 0 radical (unpaired) electrons. The third kappa shape index (κ3) is 2.99. The Morgan fingerprint density at radius 1 is 1.16 bits per heavy atom. The van der Waals surface area contributed by atoms with Crippen molar-refractivity contribution in [3.05, 3.63) is 59.3 Å². The molecule has 25 heavy (non-hydrogen) atoms. The fraction of sp³-hybridized carbons (Fsp3) is 0.118. The summed E-state index contributed by atoms with van der Waals surface area (Å²) in [6.45, 7) is 3.83. The lowest BCUT2D eigenvalue weighted by Crippen LogP contribution is -2.15. The van der Waals surface area contributed by atoms with Crippen LogP contribution in [0.4, 0.5) is 5.69 Å². The Morgan fingerprint density at radius 2 is 2.04 bits per heavy atom. The van der Waals surface area contributed by atoms with Crippen LogP contribution in [0.3, 0.4) is 0 Å². The van der Waals surface area contributed by atoms with Crippen LogP contribution < -0.4 is 5.32 Å². The van der Waals surface area contributed by atoms with Crippen molar-refractivity contribution in [2.24, 2.45) is 0 Å². The summed E-state index contributed by atoms with van der Waals surface area (Å²) in [7, 11) is 0. The molecule has 0 aliphatic carbocycles. The van der Waals surface area contributed by atoms with Crippen molar-refractivity contribution in [2.45, 2.75) is 13.8 Å². The van der Waals surface area contributed by atoms with Gasteiger partial charge in [-0.25, -0.2) is 9.97 Å². The van der Waals surface area contributed by atoms with Gasteiger partial charge < -0.3 is 5.32 Å². The molecule has 0 saturated heterocycles. The molecule has 4 aromatic rings. The van der Waals surface area contributed by atoms with Gasteiger partial charge in [-0.05, 0) is 44.2 Å². The highest BCUT2D eigenvalue weighted by atomic mass is 32.1. The predicted octanol–water partition coefficient (Wildman–Crippen LogP) is 3.14. The van der Waals surface area contributed by atoms with Gasteiger partial charge in [-0.2, -0.15) is 0 Å². The van der Waals surface area contributed by atoms with Crippen LogP contribution in [0.1, 0.15) is 21.3 Å². The van der Waals surface area contributed by atoms with Crippen molar-refractivity contribution >= 4 is 33.1 Å². The molecule has 1 N–H and O–H groups in total. The summed E-state index contributed by atoms with van der Waals surface area (Å²) in [5.41, 5.74) is 1.80. The third-order valence-electron chi connectivity index (χ3n) is 3.71. The topological polar surface area (TPSA) is 85.6 Å². The number of anilines is 1. The maximum atomic E-state index is 12.4. The zero-order valence-corrected chi connectivity index (χ0v) is 14.4. The number of amides is 1. The van der Waals surface area contributed by atoms with E-state index in [1.165, 1.54) is 0 Å². The van der Waals surface area contributed by atoms with Crippen LogP contribution in [0, 0.1) is 13.8 Å². The molecule has 0 saturated carbocycles. The Labute approximate surface area is 147 Å². The van der Waals surface area contributed by atoms with Crippen LogP contribution in [-0.2, 0) is 0 Å². The van der Waals surface area contributed by atoms with E-state index < -0.39 is 0 Å². The van der Waals surface area contributed by atoms with Crippen molar-refractivity contribution in [3.8, 4) is 5.82 Å². The molecule has 124 valence electrons. The zero-order valence-electron chi connectivity index (χ0n) is 13.6. The third-order valence-corrected chi connectivity index (χ3v) is 4.66. The number of fused-ring (bicyclic) bond motifs is 1. The SMILES string of the molecule is Cc1nc2cc(NC(=O)c3ccc(-n4ccnc4C)nn3)ccc2s1. The lowest BCUT2D eigenvalue weighted by atomic mass is 10.2. The second kappa shape index (κ2) is 6.06. The van der Waals surface area contributed by atoms with E-state index in [1.807, 2.05) is 32.0 Å². The van der Waals surface area contributed by atoms with Crippen molar-refractivity contribution < 1.29 is 4.79 Å². The summed E-state index contributed by atoms with van der Waals surface area (Å²) < 4.78 is 2.89. The molecule has 0 aliphatic heterocycles. The number of hydrogen-bond acceptors (Lipinski definition) is 6. The molecule has 1 amide bonds. The average molecular weight is 350 g/mol. The first kappa shape index (κ1) is 15.4. The number of thiazole rings is 1. The van der Waals surface area contributed by atoms with E-state index in [-0.39, 0.29) is 11.6 Å². The minimum absolute atomic E-state index is 0.246. The first-order chi connectivity index (χ1) is 12.1. The highest BCUT2D eigenvalue weighted by Crippen LogP contribution is 2.24. The number of nitrogens with one attached hydrogen (secondary N) is 1. The van der Waals surface area contributed by atoms with Crippen LogP contribution in [0.5, 0.6) is 0 Å². The number of carbonyl (C=O) groups excluding carboxylic acids is 1. The lowest BCUT2D eigenvalue weighted by molar-refractivity contribution is 0.102. The van der Waals surface area contributed by atoms with Gasteiger partial charge in [0.2, 0.25) is 0 Å². The maximum Gasteiger partial charge on any atom is 0.276 e. The number of rotatable bonds is 3. The molecule has 7 nitrogen and oxygen atoms in total. The number of imidazole rings is 1. The van der Waals surface area contributed by atoms with Crippen LogP contribution in [-0.4, -0.2) is 30.6 Å². The second-order valence-electron chi connectivity index (χ2n) is 5.49. The Balaban J connectivity index is 1.54. The Morgan fingerprint density at radius 3 is 2.76 bits per heavy atom. The number of aryl methyl sites for hydroxylation is 2. The minimum Gasteiger partial charge on any atom is -0.321 e. The molecule has 0 bridgehead atoms. The first-order valence-electron chi connectivity index (χ1n) is 7.63. The molecule has 3 aromatic heterocycles. The van der Waals surface area contributed by atoms with E-state index in [1.54, 1.807) is 40.4 Å². The molecule has 3 heterocycles. The molecule has 0 atom stereocenters. The largest absolute Gasteiger partial charge is 0.321 e. The maximum absolute atomic E-state index is 12.4. The monoisotopic (exact) mass is 350 g/mol. The molecule has 0 spiro atoms. The van der Waals surface area contributed by atoms with E-state index in [0.29, 0.717) is 11.5 Å². The number of aromatic nitrogens is 5. The van der Waals surface area contributed by atoms with Crippen LogP contribution in [0.15, 0.2) is 42.7 Å². The normalized spacial score (nSPS) is 11.0. The van der Waals surface area contributed by atoms with Crippen molar-refractivity contribution in [1.29, 1.82) is 0 Å². The summed E-state index contributed by atoms with van der Waals surface area (Å²) in [6, 6.07) is 9.04. The molecule has 1 aromatic carbocycles. The van der Waals surface area contributed by atoms with Gasteiger partial charge in [-0.3, -0.25) is 9.36 Å². The lowest BCUT2D eigenvalue weighted by Gasteiger charge is -2.06. The number of carbonyl (C=O) groups is 1. The molecule has 0 unspecified atom stereocenters. The number of benzene rings is 1. The van der Waals surface area contributed by atoms with Gasteiger partial charge in [0, 0.05) is 18.1 Å². The van der Waals surface area contributed by atoms with Crippen LogP contribution >= 0.6 is 11.3 Å². The van der Waals surface area contributed by atoms with E-state index >= 15 is 0 Å². The van der Waals surface area contributed by atoms with Gasteiger partial charge in [0.25, 0.3) is 5.91 Å². The van der Waals surface area contributed by atoms with Gasteiger partial charge in [0.1, 0.15) is 5.82 Å². The van der Waals surface area contributed by atoms with Crippen molar-refractivity contribution in [2.75, 3.05) is 5.32 Å². The highest BCUT2D eigenvalue weighted by molar-refractivity contribution is 7.18. The summed E-state index contributed by atoms with van der Waals surface area (Å²) in [5.74, 6) is 1.11. The van der Waals surface area contributed by atoms with Crippen LogP contribution in [0.2, 0.25) is 0 Å². The Kier molecular flexibility index (Phi) is 3.73. The highest BCUT2D eigenvalue weighted by Gasteiger charge is 2.11. The quantitative estimate of drug-likeness (QED) is 0.613. The summed E-state index contributed by atoms with van der Waals surface area (Å²) in [6.07, 6.45) is 3.48. The van der Waals surface area contributed by atoms with Gasteiger partial charge >= 0.3 is 0 Å². The molecule has 8 heteroatoms. The van der Waals surface area contributed by atoms with Gasteiger partial charge in [0.05, 0.1) is 15.2 Å². The number of nitrogens with zero attached hydrogens (tertiary/aromatic N) is 5. The first-order valence-corrected chi connectivity index (χ1v) is 8.44. The Hall–Kier alpha value is -3.13. The van der Waals surface area contributed by atoms with E-state index in [4.69, 9.17) is 0 Å². The van der Waals surface area contributed by atoms with Gasteiger partial charge in [-0.15, -0.1) is 21.5 Å². The molecular weight excluding hydrogens is 336 g/mol. The van der Waals surface area contributed by atoms with Crippen molar-refractivity contribution in [3.63, 3.8) is 0 Å².